The van der Waals surface area contributed by atoms with E-state index in [0.717, 1.165) is 0 Å². The highest BCUT2D eigenvalue weighted by Gasteiger charge is 2.49. The standard InChI is InChI=1S/C22H18ClF2N5O3/c23-13-6-7-15-17(18(13)25)22(33-21(32)26-15)8-3-9-30(11-22)20(31)19-27-16(28-29-19)10-12-4-1-2-5-14(12)24/h1-2,4-7H,3,8-11H2,(H,26,32)(H,27,28,29)/t22-/m0/s1. The highest BCUT2D eigenvalue weighted by atomic mass is 35.5. The second-order valence-electron chi connectivity index (χ2n) is 8.00. The summed E-state index contributed by atoms with van der Waals surface area (Å²) in [5, 5.41) is 9.01. The van der Waals surface area contributed by atoms with Gasteiger partial charge in [-0.2, -0.15) is 0 Å². The van der Waals surface area contributed by atoms with Crippen molar-refractivity contribution in [1.29, 1.82) is 0 Å². The van der Waals surface area contributed by atoms with Crippen LogP contribution in [0.3, 0.4) is 0 Å². The van der Waals surface area contributed by atoms with Crippen molar-refractivity contribution in [2.75, 3.05) is 18.4 Å². The Morgan fingerprint density at radius 1 is 1.24 bits per heavy atom. The third-order valence-corrected chi connectivity index (χ3v) is 6.15. The van der Waals surface area contributed by atoms with Gasteiger partial charge in [0.15, 0.2) is 11.4 Å². The predicted molar refractivity (Wildman–Crippen MR) is 114 cm³/mol. The van der Waals surface area contributed by atoms with Gasteiger partial charge in [0.1, 0.15) is 11.6 Å². The normalized spacial score (nSPS) is 19.7. The number of amides is 2. The molecule has 1 aromatic heterocycles. The number of hydrogen-bond donors (Lipinski definition) is 2. The lowest BCUT2D eigenvalue weighted by molar-refractivity contribution is -0.0420. The lowest BCUT2D eigenvalue weighted by Crippen LogP contribution is -2.53. The van der Waals surface area contributed by atoms with E-state index in [2.05, 4.69) is 20.5 Å². The van der Waals surface area contributed by atoms with Gasteiger partial charge in [0.05, 0.1) is 22.8 Å². The van der Waals surface area contributed by atoms with Gasteiger partial charge in [-0.25, -0.2) is 18.6 Å². The zero-order valence-corrected chi connectivity index (χ0v) is 18.0. The third kappa shape index (κ3) is 3.80. The van der Waals surface area contributed by atoms with Crippen LogP contribution in [-0.2, 0) is 16.8 Å². The van der Waals surface area contributed by atoms with E-state index in [4.69, 9.17) is 16.3 Å². The molecule has 2 amide bonds. The fraction of sp³-hybridized carbons (Fsp3) is 0.273. The Morgan fingerprint density at radius 3 is 2.88 bits per heavy atom. The van der Waals surface area contributed by atoms with Gasteiger partial charge in [-0.15, -0.1) is 5.10 Å². The Balaban J connectivity index is 1.41. The van der Waals surface area contributed by atoms with Crippen LogP contribution in [0.2, 0.25) is 5.02 Å². The van der Waals surface area contributed by atoms with Crippen molar-refractivity contribution in [3.63, 3.8) is 0 Å². The van der Waals surface area contributed by atoms with Crippen molar-refractivity contribution < 1.29 is 23.1 Å². The summed E-state index contributed by atoms with van der Waals surface area (Å²) < 4.78 is 34.5. The second-order valence-corrected chi connectivity index (χ2v) is 8.40. The van der Waals surface area contributed by atoms with E-state index in [-0.39, 0.29) is 40.9 Å². The number of H-pyrrole nitrogens is 1. The number of fused-ring (bicyclic) bond motifs is 2. The molecule has 2 N–H and O–H groups in total. The van der Waals surface area contributed by atoms with Crippen molar-refractivity contribution in [2.45, 2.75) is 24.9 Å². The number of nitrogens with one attached hydrogen (secondary N) is 2. The topological polar surface area (TPSA) is 100 Å². The van der Waals surface area contributed by atoms with E-state index < -0.39 is 23.4 Å². The molecule has 3 heterocycles. The number of nitrogens with zero attached hydrogens (tertiary/aromatic N) is 3. The van der Waals surface area contributed by atoms with Crippen LogP contribution in [0.25, 0.3) is 0 Å². The number of benzene rings is 2. The van der Waals surface area contributed by atoms with Gasteiger partial charge in [0.2, 0.25) is 5.82 Å². The first kappa shape index (κ1) is 21.3. The van der Waals surface area contributed by atoms with Crippen LogP contribution in [-0.4, -0.2) is 45.2 Å². The molecule has 0 radical (unpaired) electrons. The fourth-order valence-electron chi connectivity index (χ4n) is 4.38. The van der Waals surface area contributed by atoms with Crippen LogP contribution in [0.4, 0.5) is 19.3 Å². The number of likely N-dealkylation sites (tertiary alicyclic amines) is 1. The zero-order chi connectivity index (χ0) is 23.2. The molecule has 170 valence electrons. The first-order chi connectivity index (χ1) is 15.9. The lowest BCUT2D eigenvalue weighted by atomic mass is 9.83. The van der Waals surface area contributed by atoms with E-state index >= 15 is 4.39 Å². The maximum absolute atomic E-state index is 15.0. The fourth-order valence-corrected chi connectivity index (χ4v) is 4.54. The van der Waals surface area contributed by atoms with E-state index in [1.807, 2.05) is 0 Å². The molecule has 2 aliphatic rings. The molecular formula is C22H18ClF2N5O3. The third-order valence-electron chi connectivity index (χ3n) is 5.86. The molecule has 33 heavy (non-hydrogen) atoms. The maximum atomic E-state index is 15.0. The molecule has 1 spiro atoms. The molecule has 1 atom stereocenters. The minimum Gasteiger partial charge on any atom is -0.436 e. The minimum absolute atomic E-state index is 0.0826. The van der Waals surface area contributed by atoms with Crippen molar-refractivity contribution in [2.24, 2.45) is 0 Å². The van der Waals surface area contributed by atoms with E-state index in [9.17, 15) is 14.0 Å². The van der Waals surface area contributed by atoms with Crippen LogP contribution in [0.15, 0.2) is 36.4 Å². The maximum Gasteiger partial charge on any atom is 0.412 e. The molecule has 0 saturated carbocycles. The summed E-state index contributed by atoms with van der Waals surface area (Å²) in [5.74, 6) is -1.37. The number of rotatable bonds is 3. The first-order valence-corrected chi connectivity index (χ1v) is 10.7. The van der Waals surface area contributed by atoms with Gasteiger partial charge in [0, 0.05) is 13.0 Å². The Morgan fingerprint density at radius 2 is 2.06 bits per heavy atom. The molecule has 2 aromatic carbocycles. The number of halogens is 3. The molecular weight excluding hydrogens is 456 g/mol. The molecule has 3 aromatic rings. The van der Waals surface area contributed by atoms with Crippen LogP contribution in [0, 0.1) is 11.6 Å². The van der Waals surface area contributed by atoms with E-state index in [1.54, 1.807) is 18.2 Å². The first-order valence-electron chi connectivity index (χ1n) is 10.3. The van der Waals surface area contributed by atoms with Gasteiger partial charge in [0.25, 0.3) is 5.91 Å². The summed E-state index contributed by atoms with van der Waals surface area (Å²) >= 11 is 5.99. The number of carbonyl (C=O) groups excluding carboxylic acids is 2. The summed E-state index contributed by atoms with van der Waals surface area (Å²) in [7, 11) is 0. The molecule has 0 bridgehead atoms. The van der Waals surface area contributed by atoms with Crippen LogP contribution < -0.4 is 5.32 Å². The highest BCUT2D eigenvalue weighted by Crippen LogP contribution is 2.45. The molecule has 1 saturated heterocycles. The average Bonchev–Trinajstić information content (AvgIpc) is 3.25. The summed E-state index contributed by atoms with van der Waals surface area (Å²) in [5.41, 5.74) is -0.600. The number of aromatic amines is 1. The largest absolute Gasteiger partial charge is 0.436 e. The zero-order valence-electron chi connectivity index (χ0n) is 17.2. The summed E-state index contributed by atoms with van der Waals surface area (Å²) in [6, 6.07) is 9.12. The number of carbonyl (C=O) groups is 2. The van der Waals surface area contributed by atoms with Crippen LogP contribution in [0.1, 0.15) is 40.4 Å². The Hall–Kier alpha value is -3.53. The highest BCUT2D eigenvalue weighted by molar-refractivity contribution is 6.31. The Labute approximate surface area is 191 Å². The van der Waals surface area contributed by atoms with Gasteiger partial charge in [-0.3, -0.25) is 15.2 Å². The van der Waals surface area contributed by atoms with Gasteiger partial charge in [-0.1, -0.05) is 29.8 Å². The monoisotopic (exact) mass is 473 g/mol. The number of anilines is 1. The van der Waals surface area contributed by atoms with Gasteiger partial charge < -0.3 is 9.64 Å². The number of hydrogen-bond acceptors (Lipinski definition) is 5. The van der Waals surface area contributed by atoms with Crippen molar-refractivity contribution in [3.05, 3.63) is 75.8 Å². The minimum atomic E-state index is -1.38. The number of aromatic nitrogens is 3. The summed E-state index contributed by atoms with van der Waals surface area (Å²) in [6.07, 6.45) is 0.179. The van der Waals surface area contributed by atoms with Crippen molar-refractivity contribution in [1.82, 2.24) is 20.1 Å². The smallest absolute Gasteiger partial charge is 0.412 e. The molecule has 8 nitrogen and oxygen atoms in total. The van der Waals surface area contributed by atoms with E-state index in [0.29, 0.717) is 30.8 Å². The lowest BCUT2D eigenvalue weighted by Gasteiger charge is -2.44. The summed E-state index contributed by atoms with van der Waals surface area (Å²) in [6.45, 7) is 0.265. The molecule has 1 fully saturated rings. The van der Waals surface area contributed by atoms with Gasteiger partial charge >= 0.3 is 6.09 Å². The summed E-state index contributed by atoms with van der Waals surface area (Å²) in [4.78, 5) is 31.0. The number of piperidine rings is 1. The Kier molecular flexibility index (Phi) is 5.24. The quantitative estimate of drug-likeness (QED) is 0.598. The number of ether oxygens (including phenoxy) is 1. The van der Waals surface area contributed by atoms with Crippen molar-refractivity contribution in [3.8, 4) is 0 Å². The Bertz CT molecular complexity index is 1270. The molecule has 2 aliphatic heterocycles. The predicted octanol–water partition coefficient (Wildman–Crippen LogP) is 4.02. The van der Waals surface area contributed by atoms with Crippen LogP contribution >= 0.6 is 11.6 Å². The van der Waals surface area contributed by atoms with Crippen LogP contribution in [0.5, 0.6) is 0 Å². The average molecular weight is 474 g/mol. The van der Waals surface area contributed by atoms with Crippen molar-refractivity contribution >= 4 is 29.3 Å². The molecule has 5 rings (SSSR count). The molecule has 0 aliphatic carbocycles. The SMILES string of the molecule is O=C1Nc2ccc(Cl)c(F)c2[C@@]2(CCCN(C(=O)c3n[nH]c(Cc4ccccc4F)n3)C2)O1. The van der Waals surface area contributed by atoms with E-state index in [1.165, 1.54) is 23.1 Å². The second kappa shape index (κ2) is 8.11. The molecule has 11 heteroatoms. The van der Waals surface area contributed by atoms with Gasteiger partial charge in [-0.05, 0) is 36.6 Å². The molecule has 0 unspecified atom stereocenters.